The largest absolute Gasteiger partial charge is 0.318 e. The highest BCUT2D eigenvalue weighted by Gasteiger charge is 2.26. The fraction of sp³-hybridized carbons (Fsp3) is 0.667. The van der Waals surface area contributed by atoms with Crippen LogP contribution in [-0.2, 0) is 6.54 Å². The van der Waals surface area contributed by atoms with Gasteiger partial charge in [-0.1, -0.05) is 6.92 Å². The second-order valence-corrected chi connectivity index (χ2v) is 5.82. The lowest BCUT2D eigenvalue weighted by Crippen LogP contribution is -2.45. The fourth-order valence-electron chi connectivity index (χ4n) is 3.03. The summed E-state index contributed by atoms with van der Waals surface area (Å²) in [5.74, 6) is 0.716. The molecule has 0 bridgehead atoms. The molecule has 1 aliphatic heterocycles. The molecular weight excluding hydrogens is 236 g/mol. The third kappa shape index (κ3) is 4.27. The van der Waals surface area contributed by atoms with Crippen LogP contribution in [0, 0.1) is 5.92 Å². The summed E-state index contributed by atoms with van der Waals surface area (Å²) in [6, 6.07) is 4.82. The molecule has 0 aromatic carbocycles. The van der Waals surface area contributed by atoms with E-state index in [4.69, 9.17) is 0 Å². The van der Waals surface area contributed by atoms with Crippen molar-refractivity contribution in [1.82, 2.24) is 20.1 Å². The number of hydrogen-bond donors (Lipinski definition) is 1. The molecule has 2 atom stereocenters. The van der Waals surface area contributed by atoms with Crippen molar-refractivity contribution in [3.8, 4) is 0 Å². The zero-order valence-corrected chi connectivity index (χ0v) is 12.3. The minimum Gasteiger partial charge on any atom is -0.318 e. The van der Waals surface area contributed by atoms with Gasteiger partial charge in [0.2, 0.25) is 0 Å². The molecule has 2 rings (SSSR count). The van der Waals surface area contributed by atoms with Crippen molar-refractivity contribution in [2.75, 3.05) is 40.3 Å². The quantitative estimate of drug-likeness (QED) is 0.879. The van der Waals surface area contributed by atoms with Crippen LogP contribution in [0.4, 0.5) is 0 Å². The van der Waals surface area contributed by atoms with Crippen molar-refractivity contribution >= 4 is 0 Å². The maximum absolute atomic E-state index is 4.10. The molecule has 1 saturated heterocycles. The van der Waals surface area contributed by atoms with E-state index in [9.17, 15) is 0 Å². The molecule has 0 spiro atoms. The van der Waals surface area contributed by atoms with Gasteiger partial charge in [0.05, 0.1) is 0 Å². The topological polar surface area (TPSA) is 31.4 Å². The van der Waals surface area contributed by atoms with Gasteiger partial charge in [-0.2, -0.15) is 0 Å². The molecule has 2 heterocycles. The number of aromatic nitrogens is 1. The average Bonchev–Trinajstić information content (AvgIpc) is 2.50. The Bertz CT molecular complexity index is 368. The number of hydrogen-bond acceptors (Lipinski definition) is 4. The average molecular weight is 262 g/mol. The van der Waals surface area contributed by atoms with Crippen LogP contribution in [0.2, 0.25) is 0 Å². The molecule has 0 amide bonds. The van der Waals surface area contributed by atoms with Gasteiger partial charge in [0.1, 0.15) is 0 Å². The van der Waals surface area contributed by atoms with E-state index < -0.39 is 0 Å². The van der Waals surface area contributed by atoms with Crippen LogP contribution in [0.15, 0.2) is 24.5 Å². The van der Waals surface area contributed by atoms with Crippen molar-refractivity contribution in [1.29, 1.82) is 0 Å². The summed E-state index contributed by atoms with van der Waals surface area (Å²) >= 11 is 0. The second kappa shape index (κ2) is 6.98. The van der Waals surface area contributed by atoms with E-state index in [-0.39, 0.29) is 0 Å². The molecule has 0 aliphatic carbocycles. The van der Waals surface area contributed by atoms with Gasteiger partial charge in [0.15, 0.2) is 0 Å². The SMILES string of the molecule is CNCC1CN(C)CC(C)CN1Cc1ccncc1. The maximum Gasteiger partial charge on any atom is 0.0351 e. The first kappa shape index (κ1) is 14.4. The van der Waals surface area contributed by atoms with Gasteiger partial charge in [0.25, 0.3) is 0 Å². The highest BCUT2D eigenvalue weighted by Crippen LogP contribution is 2.16. The Hall–Kier alpha value is -0.970. The Kier molecular flexibility index (Phi) is 5.31. The molecule has 2 unspecified atom stereocenters. The molecular formula is C15H26N4. The summed E-state index contributed by atoms with van der Waals surface area (Å²) in [5.41, 5.74) is 1.35. The van der Waals surface area contributed by atoms with Gasteiger partial charge in [-0.3, -0.25) is 9.88 Å². The van der Waals surface area contributed by atoms with Gasteiger partial charge >= 0.3 is 0 Å². The number of rotatable bonds is 4. The minimum absolute atomic E-state index is 0.577. The van der Waals surface area contributed by atoms with E-state index in [1.54, 1.807) is 0 Å². The zero-order chi connectivity index (χ0) is 13.7. The van der Waals surface area contributed by atoms with E-state index >= 15 is 0 Å². The van der Waals surface area contributed by atoms with E-state index in [2.05, 4.69) is 46.2 Å². The van der Waals surface area contributed by atoms with Gasteiger partial charge in [-0.15, -0.1) is 0 Å². The first-order valence-corrected chi connectivity index (χ1v) is 7.15. The number of nitrogens with zero attached hydrogens (tertiary/aromatic N) is 3. The van der Waals surface area contributed by atoms with Crippen LogP contribution >= 0.6 is 0 Å². The van der Waals surface area contributed by atoms with Crippen molar-refractivity contribution in [3.05, 3.63) is 30.1 Å². The smallest absolute Gasteiger partial charge is 0.0351 e. The summed E-state index contributed by atoms with van der Waals surface area (Å²) in [4.78, 5) is 9.17. The minimum atomic E-state index is 0.577. The van der Waals surface area contributed by atoms with Gasteiger partial charge in [-0.05, 0) is 37.7 Å². The van der Waals surface area contributed by atoms with E-state index in [0.29, 0.717) is 12.0 Å². The summed E-state index contributed by atoms with van der Waals surface area (Å²) in [5, 5.41) is 3.34. The number of pyridine rings is 1. The Morgan fingerprint density at radius 2 is 2.00 bits per heavy atom. The van der Waals surface area contributed by atoms with E-state index in [0.717, 1.165) is 19.6 Å². The van der Waals surface area contributed by atoms with Crippen LogP contribution in [-0.4, -0.2) is 61.1 Å². The fourth-order valence-corrected chi connectivity index (χ4v) is 3.03. The van der Waals surface area contributed by atoms with Gasteiger partial charge in [0, 0.05) is 51.2 Å². The van der Waals surface area contributed by atoms with Crippen LogP contribution in [0.5, 0.6) is 0 Å². The second-order valence-electron chi connectivity index (χ2n) is 5.82. The van der Waals surface area contributed by atoms with Crippen LogP contribution in [0.3, 0.4) is 0 Å². The van der Waals surface area contributed by atoms with Crippen LogP contribution in [0.25, 0.3) is 0 Å². The first-order chi connectivity index (χ1) is 9.19. The Labute approximate surface area is 116 Å². The maximum atomic E-state index is 4.10. The monoisotopic (exact) mass is 262 g/mol. The Morgan fingerprint density at radius 3 is 2.68 bits per heavy atom. The molecule has 4 nitrogen and oxygen atoms in total. The molecule has 1 aromatic rings. The van der Waals surface area contributed by atoms with Crippen molar-refractivity contribution in [2.45, 2.75) is 19.5 Å². The summed E-state index contributed by atoms with van der Waals surface area (Å²) in [6.07, 6.45) is 3.77. The van der Waals surface area contributed by atoms with E-state index in [1.807, 2.05) is 19.4 Å². The molecule has 1 aliphatic rings. The normalized spacial score (nSPS) is 26.3. The zero-order valence-electron chi connectivity index (χ0n) is 12.3. The number of nitrogens with one attached hydrogen (secondary N) is 1. The van der Waals surface area contributed by atoms with Crippen molar-refractivity contribution in [2.24, 2.45) is 5.92 Å². The molecule has 0 saturated carbocycles. The van der Waals surface area contributed by atoms with Crippen LogP contribution < -0.4 is 5.32 Å². The molecule has 4 heteroatoms. The predicted octanol–water partition coefficient (Wildman–Crippen LogP) is 1.05. The highest BCUT2D eigenvalue weighted by molar-refractivity contribution is 5.10. The highest BCUT2D eigenvalue weighted by atomic mass is 15.2. The Balaban J connectivity index is 2.08. The third-order valence-electron chi connectivity index (χ3n) is 3.78. The van der Waals surface area contributed by atoms with Crippen LogP contribution in [0.1, 0.15) is 12.5 Å². The lowest BCUT2D eigenvalue weighted by molar-refractivity contribution is 0.172. The standard InChI is InChI=1S/C15H26N4/c1-13-9-18(3)12-15(8-16-2)19(10-13)11-14-4-6-17-7-5-14/h4-7,13,15-16H,8-12H2,1-3H3. The van der Waals surface area contributed by atoms with E-state index in [1.165, 1.54) is 18.7 Å². The molecule has 1 aromatic heterocycles. The number of likely N-dealkylation sites (N-methyl/N-ethyl adjacent to an activating group) is 2. The van der Waals surface area contributed by atoms with Gasteiger partial charge in [-0.25, -0.2) is 0 Å². The lowest BCUT2D eigenvalue weighted by Gasteiger charge is -2.31. The summed E-state index contributed by atoms with van der Waals surface area (Å²) in [7, 11) is 4.27. The molecule has 1 N–H and O–H groups in total. The van der Waals surface area contributed by atoms with Crippen molar-refractivity contribution in [3.63, 3.8) is 0 Å². The van der Waals surface area contributed by atoms with Gasteiger partial charge < -0.3 is 10.2 Å². The summed E-state index contributed by atoms with van der Waals surface area (Å²) in [6.45, 7) is 7.90. The predicted molar refractivity (Wildman–Crippen MR) is 79.0 cm³/mol. The summed E-state index contributed by atoms with van der Waals surface area (Å²) < 4.78 is 0. The molecule has 1 fully saturated rings. The molecule has 0 radical (unpaired) electrons. The lowest BCUT2D eigenvalue weighted by atomic mass is 10.1. The third-order valence-corrected chi connectivity index (χ3v) is 3.78. The van der Waals surface area contributed by atoms with Crippen molar-refractivity contribution < 1.29 is 0 Å². The Morgan fingerprint density at radius 1 is 1.26 bits per heavy atom. The molecule has 106 valence electrons. The first-order valence-electron chi connectivity index (χ1n) is 7.15. The molecule has 19 heavy (non-hydrogen) atoms.